The molecule has 0 radical (unpaired) electrons. The summed E-state index contributed by atoms with van der Waals surface area (Å²) in [7, 11) is 0. The molecule has 0 aliphatic heterocycles. The van der Waals surface area contributed by atoms with Crippen LogP contribution in [0.3, 0.4) is 0 Å². The van der Waals surface area contributed by atoms with E-state index >= 15 is 0 Å². The van der Waals surface area contributed by atoms with Crippen LogP contribution in [0.1, 0.15) is 17.0 Å². The van der Waals surface area contributed by atoms with Crippen LogP contribution in [0.15, 0.2) is 0 Å². The van der Waals surface area contributed by atoms with Gasteiger partial charge in [0.15, 0.2) is 5.13 Å². The van der Waals surface area contributed by atoms with Crippen molar-refractivity contribution in [1.82, 2.24) is 4.98 Å². The Labute approximate surface area is 84.8 Å². The first kappa shape index (κ1) is 10.6. The molecule has 0 bridgehead atoms. The Morgan fingerprint density at radius 3 is 2.57 bits per heavy atom. The van der Waals surface area contributed by atoms with Gasteiger partial charge in [-0.2, -0.15) is 0 Å². The second kappa shape index (κ2) is 4.19. The number of anilines is 1. The summed E-state index contributed by atoms with van der Waals surface area (Å²) < 4.78 is 0. The molecule has 1 rings (SSSR count). The molecular formula is C8H10N2O3S. The first-order chi connectivity index (χ1) is 6.49. The monoisotopic (exact) mass is 214 g/mol. The minimum atomic E-state index is -1.15. The quantitative estimate of drug-likeness (QED) is 0.740. The van der Waals surface area contributed by atoms with E-state index in [4.69, 9.17) is 5.11 Å². The number of aryl methyl sites for hydroxylation is 2. The molecule has 0 aliphatic rings. The maximum absolute atomic E-state index is 11.0. The number of hydrogen-bond donors (Lipinski definition) is 2. The van der Waals surface area contributed by atoms with Crippen LogP contribution in [0.5, 0.6) is 0 Å². The van der Waals surface area contributed by atoms with Crippen LogP contribution in [0.25, 0.3) is 0 Å². The van der Waals surface area contributed by atoms with Crippen molar-refractivity contribution in [3.05, 3.63) is 10.6 Å². The highest BCUT2D eigenvalue weighted by molar-refractivity contribution is 7.15. The Morgan fingerprint density at radius 1 is 1.50 bits per heavy atom. The molecule has 1 aromatic heterocycles. The number of carbonyl (C=O) groups is 2. The summed E-state index contributed by atoms with van der Waals surface area (Å²) in [5, 5.41) is 11.2. The van der Waals surface area contributed by atoms with Crippen molar-refractivity contribution in [3.63, 3.8) is 0 Å². The molecule has 6 heteroatoms. The fourth-order valence-electron chi connectivity index (χ4n) is 0.827. The molecule has 0 atom stereocenters. The summed E-state index contributed by atoms with van der Waals surface area (Å²) in [6.45, 7) is 3.72. The van der Waals surface area contributed by atoms with Crippen LogP contribution in [0.4, 0.5) is 5.13 Å². The number of carbonyl (C=O) groups excluding carboxylic acids is 1. The molecule has 1 heterocycles. The van der Waals surface area contributed by atoms with E-state index in [-0.39, 0.29) is 0 Å². The van der Waals surface area contributed by atoms with E-state index in [1.54, 1.807) is 0 Å². The van der Waals surface area contributed by atoms with E-state index in [0.29, 0.717) is 5.13 Å². The Kier molecular flexibility index (Phi) is 3.19. The van der Waals surface area contributed by atoms with Gasteiger partial charge in [0.2, 0.25) is 5.91 Å². The topological polar surface area (TPSA) is 79.3 Å². The van der Waals surface area contributed by atoms with Crippen LogP contribution in [-0.2, 0) is 9.59 Å². The number of rotatable bonds is 3. The average molecular weight is 214 g/mol. The summed E-state index contributed by atoms with van der Waals surface area (Å²) in [5.74, 6) is -1.70. The molecule has 2 N–H and O–H groups in total. The molecule has 14 heavy (non-hydrogen) atoms. The zero-order valence-electron chi connectivity index (χ0n) is 7.83. The number of nitrogens with zero attached hydrogens (tertiary/aromatic N) is 1. The number of nitrogens with one attached hydrogen (secondary N) is 1. The fraction of sp³-hybridized carbons (Fsp3) is 0.375. The van der Waals surface area contributed by atoms with Gasteiger partial charge >= 0.3 is 5.97 Å². The minimum absolute atomic E-state index is 0.450. The number of carboxylic acids is 1. The Hall–Kier alpha value is -1.43. The molecule has 0 aliphatic carbocycles. The number of thiazole rings is 1. The second-order valence-electron chi connectivity index (χ2n) is 2.78. The molecule has 0 aromatic carbocycles. The van der Waals surface area contributed by atoms with Crippen LogP contribution in [-0.4, -0.2) is 22.0 Å². The highest BCUT2D eigenvalue weighted by Crippen LogP contribution is 2.20. The molecule has 0 spiro atoms. The number of hydrogen-bond acceptors (Lipinski definition) is 4. The van der Waals surface area contributed by atoms with Crippen LogP contribution < -0.4 is 5.32 Å². The van der Waals surface area contributed by atoms with Gasteiger partial charge in [-0.05, 0) is 13.8 Å². The van der Waals surface area contributed by atoms with E-state index in [2.05, 4.69) is 10.3 Å². The van der Waals surface area contributed by atoms with Crippen molar-refractivity contribution in [2.24, 2.45) is 0 Å². The van der Waals surface area contributed by atoms with Gasteiger partial charge in [-0.3, -0.25) is 9.59 Å². The lowest BCUT2D eigenvalue weighted by Gasteiger charge is -1.96. The zero-order chi connectivity index (χ0) is 10.7. The molecular weight excluding hydrogens is 204 g/mol. The first-order valence-electron chi connectivity index (χ1n) is 3.94. The van der Waals surface area contributed by atoms with Crippen LogP contribution in [0.2, 0.25) is 0 Å². The van der Waals surface area contributed by atoms with Gasteiger partial charge in [0.25, 0.3) is 0 Å². The summed E-state index contributed by atoms with van der Waals surface area (Å²) in [4.78, 5) is 26.3. The molecule has 0 saturated heterocycles. The van der Waals surface area contributed by atoms with Gasteiger partial charge in [-0.15, -0.1) is 11.3 Å². The van der Waals surface area contributed by atoms with Crippen LogP contribution >= 0.6 is 11.3 Å². The lowest BCUT2D eigenvalue weighted by molar-refractivity contribution is -0.139. The summed E-state index contributed by atoms with van der Waals surface area (Å²) in [5.41, 5.74) is 0.848. The maximum atomic E-state index is 11.0. The summed E-state index contributed by atoms with van der Waals surface area (Å²) in [6.07, 6.45) is -0.530. The highest BCUT2D eigenvalue weighted by Gasteiger charge is 2.10. The second-order valence-corrected chi connectivity index (χ2v) is 3.98. The van der Waals surface area contributed by atoms with Crippen molar-refractivity contribution in [3.8, 4) is 0 Å². The largest absolute Gasteiger partial charge is 0.481 e. The third-order valence-electron chi connectivity index (χ3n) is 1.59. The van der Waals surface area contributed by atoms with E-state index < -0.39 is 18.3 Å². The normalized spacial score (nSPS) is 9.86. The Bertz CT molecular complexity index is 353. The third kappa shape index (κ3) is 2.81. The summed E-state index contributed by atoms with van der Waals surface area (Å²) in [6, 6.07) is 0. The predicted molar refractivity (Wildman–Crippen MR) is 52.5 cm³/mol. The number of carboxylic acid groups (broad SMARTS) is 1. The Balaban J connectivity index is 2.60. The molecule has 0 unspecified atom stereocenters. The third-order valence-corrected chi connectivity index (χ3v) is 2.57. The van der Waals surface area contributed by atoms with Crippen molar-refractivity contribution < 1.29 is 14.7 Å². The van der Waals surface area contributed by atoms with Gasteiger partial charge in [-0.1, -0.05) is 0 Å². The van der Waals surface area contributed by atoms with Crippen molar-refractivity contribution >= 4 is 28.3 Å². The van der Waals surface area contributed by atoms with Gasteiger partial charge < -0.3 is 10.4 Å². The predicted octanol–water partition coefficient (Wildman–Crippen LogP) is 1.17. The first-order valence-corrected chi connectivity index (χ1v) is 4.76. The minimum Gasteiger partial charge on any atom is -0.481 e. The van der Waals surface area contributed by atoms with E-state index in [9.17, 15) is 9.59 Å². The van der Waals surface area contributed by atoms with Crippen molar-refractivity contribution in [2.45, 2.75) is 20.3 Å². The van der Waals surface area contributed by atoms with Gasteiger partial charge in [0.05, 0.1) is 5.69 Å². The molecule has 0 fully saturated rings. The van der Waals surface area contributed by atoms with Crippen molar-refractivity contribution in [1.29, 1.82) is 0 Å². The van der Waals surface area contributed by atoms with E-state index in [1.165, 1.54) is 11.3 Å². The van der Waals surface area contributed by atoms with Crippen molar-refractivity contribution in [2.75, 3.05) is 5.32 Å². The lowest BCUT2D eigenvalue weighted by Crippen LogP contribution is -2.15. The van der Waals surface area contributed by atoms with E-state index in [0.717, 1.165) is 10.6 Å². The fourth-order valence-corrected chi connectivity index (χ4v) is 1.66. The summed E-state index contributed by atoms with van der Waals surface area (Å²) >= 11 is 1.33. The molecule has 0 saturated carbocycles. The smallest absolute Gasteiger partial charge is 0.312 e. The number of aromatic nitrogens is 1. The molecule has 5 nitrogen and oxygen atoms in total. The van der Waals surface area contributed by atoms with Gasteiger partial charge in [0.1, 0.15) is 6.42 Å². The lowest BCUT2D eigenvalue weighted by atomic mass is 10.4. The van der Waals surface area contributed by atoms with Gasteiger partial charge in [-0.25, -0.2) is 4.98 Å². The SMILES string of the molecule is Cc1nc(NC(=O)CC(=O)O)sc1C. The Morgan fingerprint density at radius 2 is 2.14 bits per heavy atom. The van der Waals surface area contributed by atoms with Gasteiger partial charge in [0, 0.05) is 4.88 Å². The van der Waals surface area contributed by atoms with Crippen LogP contribution in [0, 0.1) is 13.8 Å². The molecule has 1 aromatic rings. The maximum Gasteiger partial charge on any atom is 0.312 e. The number of aliphatic carboxylic acids is 1. The number of amides is 1. The zero-order valence-corrected chi connectivity index (χ0v) is 8.64. The molecule has 76 valence electrons. The highest BCUT2D eigenvalue weighted by atomic mass is 32.1. The molecule has 1 amide bonds. The standard InChI is InChI=1S/C8H10N2O3S/c1-4-5(2)14-8(9-4)10-6(11)3-7(12)13/h3H2,1-2H3,(H,12,13)(H,9,10,11). The van der Waals surface area contributed by atoms with E-state index in [1.807, 2.05) is 13.8 Å². The average Bonchev–Trinajstić information content (AvgIpc) is 2.28.